The molecule has 1 unspecified atom stereocenters. The topological polar surface area (TPSA) is 32.3 Å². The molecule has 1 aromatic rings. The van der Waals surface area contributed by atoms with E-state index in [9.17, 15) is 5.11 Å². The Morgan fingerprint density at radius 3 is 2.33 bits per heavy atom. The summed E-state index contributed by atoms with van der Waals surface area (Å²) in [6.07, 6.45) is 2.37. The summed E-state index contributed by atoms with van der Waals surface area (Å²) >= 11 is 11.8. The predicted molar refractivity (Wildman–Crippen MR) is 62.4 cm³/mol. The van der Waals surface area contributed by atoms with Crippen molar-refractivity contribution in [2.24, 2.45) is 0 Å². The fraction of sp³-hybridized carbons (Fsp3) is 0.455. The Morgan fingerprint density at radius 1 is 1.27 bits per heavy atom. The van der Waals surface area contributed by atoms with Crippen molar-refractivity contribution in [3.8, 4) is 0 Å². The fourth-order valence-electron chi connectivity index (χ4n) is 1.57. The van der Waals surface area contributed by atoms with Gasteiger partial charge in [0.25, 0.3) is 0 Å². The highest BCUT2D eigenvalue weighted by molar-refractivity contribution is 6.34. The number of benzene rings is 1. The molecule has 1 aromatic carbocycles. The molecule has 4 heteroatoms. The number of hydrogen-bond donors (Lipinski definition) is 2. The fourth-order valence-corrected chi connectivity index (χ4v) is 2.11. The van der Waals surface area contributed by atoms with Gasteiger partial charge in [-0.1, -0.05) is 23.2 Å². The Kier molecular flexibility index (Phi) is 3.52. The van der Waals surface area contributed by atoms with Gasteiger partial charge in [0.1, 0.15) is 0 Å². The second-order valence-electron chi connectivity index (χ2n) is 3.88. The first kappa shape index (κ1) is 11.2. The molecule has 0 spiro atoms. The van der Waals surface area contributed by atoms with E-state index in [-0.39, 0.29) is 12.6 Å². The van der Waals surface area contributed by atoms with Crippen LogP contribution in [0.2, 0.25) is 10.0 Å². The molecule has 1 fully saturated rings. The lowest BCUT2D eigenvalue weighted by atomic mass is 10.1. The zero-order valence-corrected chi connectivity index (χ0v) is 9.72. The van der Waals surface area contributed by atoms with Crippen molar-refractivity contribution >= 4 is 23.2 Å². The molecule has 0 bridgehead atoms. The Balaban J connectivity index is 2.16. The lowest BCUT2D eigenvalue weighted by Gasteiger charge is -2.16. The second kappa shape index (κ2) is 4.71. The van der Waals surface area contributed by atoms with Gasteiger partial charge in [-0.15, -0.1) is 0 Å². The van der Waals surface area contributed by atoms with Crippen LogP contribution < -0.4 is 5.32 Å². The highest BCUT2D eigenvalue weighted by atomic mass is 35.5. The molecule has 2 N–H and O–H groups in total. The maximum absolute atomic E-state index is 9.29. The Bertz CT molecular complexity index is 332. The summed E-state index contributed by atoms with van der Waals surface area (Å²) in [4.78, 5) is 0. The maximum atomic E-state index is 9.29. The molecule has 1 atom stereocenters. The van der Waals surface area contributed by atoms with E-state index < -0.39 is 0 Å². The molecule has 2 rings (SSSR count). The van der Waals surface area contributed by atoms with Gasteiger partial charge in [0, 0.05) is 16.1 Å². The van der Waals surface area contributed by atoms with Crippen LogP contribution >= 0.6 is 23.2 Å². The number of aliphatic hydroxyl groups is 1. The van der Waals surface area contributed by atoms with Crippen LogP contribution in [0.5, 0.6) is 0 Å². The molecule has 2 nitrogen and oxygen atoms in total. The van der Waals surface area contributed by atoms with E-state index >= 15 is 0 Å². The number of rotatable bonds is 4. The molecule has 0 aliphatic heterocycles. The van der Waals surface area contributed by atoms with Crippen molar-refractivity contribution < 1.29 is 5.11 Å². The van der Waals surface area contributed by atoms with Crippen LogP contribution in [0, 0.1) is 0 Å². The van der Waals surface area contributed by atoms with Crippen molar-refractivity contribution in [1.82, 2.24) is 5.32 Å². The lowest BCUT2D eigenvalue weighted by molar-refractivity contribution is 0.243. The normalized spacial score (nSPS) is 17.8. The standard InChI is InChI=1S/C11H13Cl2NO/c12-8-3-7(4-9(13)5-8)11(6-15)14-10-1-2-10/h3-5,10-11,14-15H,1-2,6H2. The quantitative estimate of drug-likeness (QED) is 0.856. The maximum Gasteiger partial charge on any atom is 0.0626 e. The molecule has 82 valence electrons. The van der Waals surface area contributed by atoms with Crippen molar-refractivity contribution in [2.45, 2.75) is 24.9 Å². The number of nitrogens with one attached hydrogen (secondary N) is 1. The summed E-state index contributed by atoms with van der Waals surface area (Å²) in [6, 6.07) is 5.85. The van der Waals surface area contributed by atoms with E-state index in [0.29, 0.717) is 16.1 Å². The summed E-state index contributed by atoms with van der Waals surface area (Å²) < 4.78 is 0. The van der Waals surface area contributed by atoms with Crippen LogP contribution in [0.3, 0.4) is 0 Å². The van der Waals surface area contributed by atoms with Crippen molar-refractivity contribution in [3.63, 3.8) is 0 Å². The average molecular weight is 246 g/mol. The average Bonchev–Trinajstić information content (AvgIpc) is 2.96. The third kappa shape index (κ3) is 3.08. The smallest absolute Gasteiger partial charge is 0.0626 e. The van der Waals surface area contributed by atoms with Gasteiger partial charge in [0.15, 0.2) is 0 Å². The van der Waals surface area contributed by atoms with Gasteiger partial charge in [0.2, 0.25) is 0 Å². The van der Waals surface area contributed by atoms with Crippen LogP contribution in [-0.2, 0) is 0 Å². The molecule has 1 aliphatic carbocycles. The van der Waals surface area contributed by atoms with Gasteiger partial charge in [-0.2, -0.15) is 0 Å². The van der Waals surface area contributed by atoms with E-state index in [4.69, 9.17) is 23.2 Å². The predicted octanol–water partition coefficient (Wildman–Crippen LogP) is 2.78. The molecule has 15 heavy (non-hydrogen) atoms. The monoisotopic (exact) mass is 245 g/mol. The van der Waals surface area contributed by atoms with E-state index in [1.807, 2.05) is 12.1 Å². The molecule has 1 saturated carbocycles. The van der Waals surface area contributed by atoms with Gasteiger partial charge < -0.3 is 10.4 Å². The first-order chi connectivity index (χ1) is 7.19. The van der Waals surface area contributed by atoms with E-state index in [1.54, 1.807) is 6.07 Å². The molecule has 1 aliphatic rings. The lowest BCUT2D eigenvalue weighted by Crippen LogP contribution is -2.26. The van der Waals surface area contributed by atoms with Crippen LogP contribution in [-0.4, -0.2) is 17.8 Å². The molecule has 0 heterocycles. The minimum Gasteiger partial charge on any atom is -0.394 e. The molecular formula is C11H13Cl2NO. The summed E-state index contributed by atoms with van der Waals surface area (Å²) in [5.74, 6) is 0. The Labute approximate surface area is 99.2 Å². The molecule has 0 amide bonds. The number of hydrogen-bond acceptors (Lipinski definition) is 2. The van der Waals surface area contributed by atoms with Crippen LogP contribution in [0.1, 0.15) is 24.4 Å². The Morgan fingerprint density at radius 2 is 1.87 bits per heavy atom. The summed E-state index contributed by atoms with van der Waals surface area (Å²) in [5.41, 5.74) is 0.946. The van der Waals surface area contributed by atoms with E-state index in [2.05, 4.69) is 5.32 Å². The van der Waals surface area contributed by atoms with Gasteiger partial charge in [-0.05, 0) is 36.6 Å². The van der Waals surface area contributed by atoms with Gasteiger partial charge in [-0.3, -0.25) is 0 Å². The second-order valence-corrected chi connectivity index (χ2v) is 4.75. The summed E-state index contributed by atoms with van der Waals surface area (Å²) in [7, 11) is 0. The highest BCUT2D eigenvalue weighted by Crippen LogP contribution is 2.27. The largest absolute Gasteiger partial charge is 0.394 e. The van der Waals surface area contributed by atoms with E-state index in [0.717, 1.165) is 5.56 Å². The van der Waals surface area contributed by atoms with Gasteiger partial charge in [-0.25, -0.2) is 0 Å². The zero-order valence-electron chi connectivity index (χ0n) is 8.21. The first-order valence-electron chi connectivity index (χ1n) is 5.02. The highest BCUT2D eigenvalue weighted by Gasteiger charge is 2.25. The first-order valence-corrected chi connectivity index (χ1v) is 5.77. The minimum atomic E-state index is -0.0614. The molecule has 0 radical (unpaired) electrons. The third-order valence-electron chi connectivity index (χ3n) is 2.48. The van der Waals surface area contributed by atoms with Crippen LogP contribution in [0.15, 0.2) is 18.2 Å². The summed E-state index contributed by atoms with van der Waals surface area (Å²) in [6.45, 7) is 0.0627. The van der Waals surface area contributed by atoms with Crippen molar-refractivity contribution in [2.75, 3.05) is 6.61 Å². The van der Waals surface area contributed by atoms with Gasteiger partial charge in [0.05, 0.1) is 12.6 Å². The van der Waals surface area contributed by atoms with Crippen LogP contribution in [0.4, 0.5) is 0 Å². The number of aliphatic hydroxyl groups excluding tert-OH is 1. The van der Waals surface area contributed by atoms with E-state index in [1.165, 1.54) is 12.8 Å². The molecule has 0 saturated heterocycles. The zero-order chi connectivity index (χ0) is 10.8. The van der Waals surface area contributed by atoms with Gasteiger partial charge >= 0.3 is 0 Å². The van der Waals surface area contributed by atoms with Crippen LogP contribution in [0.25, 0.3) is 0 Å². The van der Waals surface area contributed by atoms with Crippen molar-refractivity contribution in [3.05, 3.63) is 33.8 Å². The third-order valence-corrected chi connectivity index (χ3v) is 2.92. The van der Waals surface area contributed by atoms with Crippen molar-refractivity contribution in [1.29, 1.82) is 0 Å². The number of halogens is 2. The Hall–Kier alpha value is -0.280. The molecular weight excluding hydrogens is 233 g/mol. The minimum absolute atomic E-state index is 0.0614. The summed E-state index contributed by atoms with van der Waals surface area (Å²) in [5, 5.41) is 13.8. The molecule has 0 aromatic heterocycles. The SMILES string of the molecule is OCC(NC1CC1)c1cc(Cl)cc(Cl)c1.